The predicted molar refractivity (Wildman–Crippen MR) is 260 cm³/mol. The molecule has 0 radical (unpaired) electrons. The predicted octanol–water partition coefficient (Wildman–Crippen LogP) is 6.31. The molecule has 0 N–H and O–H groups in total. The van der Waals surface area contributed by atoms with Crippen LogP contribution in [0.1, 0.15) is 0 Å². The molecule has 0 unspecified atom stereocenters. The molecule has 2 fully saturated rings. The number of sulfone groups is 2. The van der Waals surface area contributed by atoms with Crippen molar-refractivity contribution in [2.75, 3.05) is 98.8 Å². The molecule has 0 atom stereocenters. The zero-order valence-electron chi connectivity index (χ0n) is 37.2. The summed E-state index contributed by atoms with van der Waals surface area (Å²) in [5.41, 5.74) is 7.34. The van der Waals surface area contributed by atoms with E-state index in [4.69, 9.17) is 20.2 Å². The van der Waals surface area contributed by atoms with E-state index in [9.17, 15) is 16.8 Å². The third-order valence-electron chi connectivity index (χ3n) is 12.3. The number of anilines is 6. The van der Waals surface area contributed by atoms with Crippen LogP contribution in [0.4, 0.5) is 34.6 Å². The molecule has 0 amide bonds. The lowest BCUT2D eigenvalue weighted by Gasteiger charge is -2.36. The summed E-state index contributed by atoms with van der Waals surface area (Å²) in [6.07, 6.45) is 2.39. The van der Waals surface area contributed by atoms with Gasteiger partial charge >= 0.3 is 0 Å². The van der Waals surface area contributed by atoms with Crippen LogP contribution in [0.2, 0.25) is 0 Å². The molecule has 2 saturated heterocycles. The fraction of sp³-hybridized carbons (Fsp3) is 0.250. The number of pyridine rings is 2. The molecule has 18 heteroatoms. The van der Waals surface area contributed by atoms with Crippen LogP contribution < -0.4 is 19.8 Å². The third-order valence-corrected chi connectivity index (χ3v) is 14.5. The largest absolute Gasteiger partial charge is 0.369 e. The monoisotopic (exact) mass is 922 g/mol. The van der Waals surface area contributed by atoms with E-state index in [1.807, 2.05) is 58.5 Å². The van der Waals surface area contributed by atoms with E-state index in [-0.39, 0.29) is 9.79 Å². The fourth-order valence-electron chi connectivity index (χ4n) is 8.56. The molecule has 10 rings (SSSR count). The molecule has 0 spiro atoms. The lowest BCUT2D eigenvalue weighted by atomic mass is 10.1. The number of benzene rings is 4. The van der Waals surface area contributed by atoms with Crippen molar-refractivity contribution in [3.63, 3.8) is 0 Å². The minimum Gasteiger partial charge on any atom is -0.369 e. The molecule has 6 heterocycles. The minimum absolute atomic E-state index is 0.200. The maximum Gasteiger partial charge on any atom is 0.269 e. The van der Waals surface area contributed by atoms with Gasteiger partial charge in [-0.05, 0) is 111 Å². The molecule has 0 saturated carbocycles. The Bertz CT molecular complexity index is 3070. The van der Waals surface area contributed by atoms with Gasteiger partial charge in [0.05, 0.1) is 32.6 Å². The molecule has 8 aromatic rings. The van der Waals surface area contributed by atoms with Gasteiger partial charge < -0.3 is 19.6 Å². The Balaban J connectivity index is 1.17. The van der Waals surface area contributed by atoms with Gasteiger partial charge in [-0.3, -0.25) is 0 Å². The first-order valence-corrected chi connectivity index (χ1v) is 25.5. The van der Waals surface area contributed by atoms with Crippen LogP contribution in [0.25, 0.3) is 33.8 Å². The van der Waals surface area contributed by atoms with E-state index in [1.165, 1.54) is 12.5 Å². The minimum atomic E-state index is -3.49. The highest BCUT2D eigenvalue weighted by Crippen LogP contribution is 2.38. The van der Waals surface area contributed by atoms with E-state index in [1.54, 1.807) is 45.4 Å². The first kappa shape index (κ1) is 43.1. The highest BCUT2D eigenvalue weighted by Gasteiger charge is 2.30. The quantitative estimate of drug-likeness (QED) is 0.134. The molecule has 2 aliphatic rings. The normalized spacial score (nSPS) is 15.5. The average Bonchev–Trinajstić information content (AvgIpc) is 3.96. The van der Waals surface area contributed by atoms with Crippen molar-refractivity contribution < 1.29 is 16.8 Å². The van der Waals surface area contributed by atoms with Crippen molar-refractivity contribution >= 4 is 65.6 Å². The summed E-state index contributed by atoms with van der Waals surface area (Å²) in [5, 5.41) is 14.2. The van der Waals surface area contributed by atoms with Gasteiger partial charge in [0.15, 0.2) is 31.0 Å². The maximum atomic E-state index is 12.7. The molecular formula is C48H50N12O4S2. The van der Waals surface area contributed by atoms with Gasteiger partial charge in [0.1, 0.15) is 0 Å². The van der Waals surface area contributed by atoms with Crippen molar-refractivity contribution in [3.8, 4) is 22.5 Å². The molecule has 4 aromatic carbocycles. The summed E-state index contributed by atoms with van der Waals surface area (Å²) in [4.78, 5) is 20.1. The molecule has 2 aliphatic heterocycles. The SMILES string of the molecule is CN1CCN(c2ccc(N(c3nc4cccc(-c5cccc(S(C)(=O)=O)c5)n4n3)N(c3ccc(N4CCN(C)CC4)cc3)c3nc4cccc(-c5cccc(S(C)(=O)=O)c5)n4n3)cc2)CC1. The number of piperazine rings is 2. The van der Waals surface area contributed by atoms with Gasteiger partial charge in [-0.2, -0.15) is 9.97 Å². The van der Waals surface area contributed by atoms with E-state index in [2.05, 4.69) is 82.2 Å². The van der Waals surface area contributed by atoms with Gasteiger partial charge in [0.2, 0.25) is 0 Å². The van der Waals surface area contributed by atoms with Crippen LogP contribution in [-0.2, 0) is 19.7 Å². The number of likely N-dealkylation sites (N-methyl/N-ethyl adjacent to an activating group) is 2. The smallest absolute Gasteiger partial charge is 0.269 e. The van der Waals surface area contributed by atoms with Crippen LogP contribution in [0.3, 0.4) is 0 Å². The van der Waals surface area contributed by atoms with Crippen molar-refractivity contribution in [2.45, 2.75) is 9.79 Å². The van der Waals surface area contributed by atoms with Crippen LogP contribution >= 0.6 is 0 Å². The van der Waals surface area contributed by atoms with Crippen LogP contribution in [0.15, 0.2) is 143 Å². The van der Waals surface area contributed by atoms with Gasteiger partial charge in [0.25, 0.3) is 11.9 Å². The number of hydrogen-bond donors (Lipinski definition) is 0. The summed E-state index contributed by atoms with van der Waals surface area (Å²) >= 11 is 0. The van der Waals surface area contributed by atoms with Crippen molar-refractivity contribution in [1.82, 2.24) is 39.0 Å². The number of hydrogen-bond acceptors (Lipinski definition) is 14. The second kappa shape index (κ2) is 17.2. The zero-order chi connectivity index (χ0) is 45.7. The number of aromatic nitrogens is 6. The Morgan fingerprint density at radius 2 is 0.818 bits per heavy atom. The van der Waals surface area contributed by atoms with Gasteiger partial charge in [-0.25, -0.2) is 35.9 Å². The molecule has 66 heavy (non-hydrogen) atoms. The molecule has 0 aliphatic carbocycles. The molecule has 0 bridgehead atoms. The standard InChI is InChI=1S/C48H50N12O4S2/c1-53-25-29-55(30-26-53)37-17-21-39(22-18-37)59(47-49-45-15-7-13-43(57(45)51-47)35-9-5-11-41(33-35)65(3,61)62)60(40-23-19-38(20-24-40)56-31-27-54(2)28-32-56)48-50-46-16-8-14-44(58(46)52-48)36-10-6-12-42(34-36)66(4,63)64/h5-24,33-34H,25-32H2,1-4H3. The van der Waals surface area contributed by atoms with Gasteiger partial charge in [-0.1, -0.05) is 36.4 Å². The summed E-state index contributed by atoms with van der Waals surface area (Å²) in [6, 6.07) is 41.6. The molecule has 4 aromatic heterocycles. The van der Waals surface area contributed by atoms with E-state index < -0.39 is 19.7 Å². The summed E-state index contributed by atoms with van der Waals surface area (Å²) in [5.74, 6) is 0.606. The number of fused-ring (bicyclic) bond motifs is 2. The van der Waals surface area contributed by atoms with Crippen LogP contribution in [0.5, 0.6) is 0 Å². The Morgan fingerprint density at radius 3 is 1.18 bits per heavy atom. The van der Waals surface area contributed by atoms with Crippen molar-refractivity contribution in [1.29, 1.82) is 0 Å². The first-order valence-electron chi connectivity index (χ1n) is 21.8. The fourth-order valence-corrected chi connectivity index (χ4v) is 9.89. The van der Waals surface area contributed by atoms with Crippen molar-refractivity contribution in [2.24, 2.45) is 0 Å². The van der Waals surface area contributed by atoms with E-state index >= 15 is 0 Å². The number of hydrazine groups is 1. The lowest BCUT2D eigenvalue weighted by molar-refractivity contribution is 0.313. The highest BCUT2D eigenvalue weighted by atomic mass is 32.2. The van der Waals surface area contributed by atoms with E-state index in [0.29, 0.717) is 45.7 Å². The second-order valence-electron chi connectivity index (χ2n) is 17.0. The lowest BCUT2D eigenvalue weighted by Crippen LogP contribution is -2.44. The van der Waals surface area contributed by atoms with Crippen molar-refractivity contribution in [3.05, 3.63) is 133 Å². The Labute approximate surface area is 384 Å². The number of rotatable bonds is 11. The van der Waals surface area contributed by atoms with Crippen LogP contribution in [0, 0.1) is 0 Å². The average molecular weight is 923 g/mol. The Hall–Kier alpha value is -6.86. The van der Waals surface area contributed by atoms with Gasteiger partial charge in [0, 0.05) is 87.4 Å². The molecule has 338 valence electrons. The third kappa shape index (κ3) is 8.55. The summed E-state index contributed by atoms with van der Waals surface area (Å²) in [6.45, 7) is 7.48. The first-order chi connectivity index (χ1) is 31.8. The highest BCUT2D eigenvalue weighted by molar-refractivity contribution is 7.91. The number of nitrogens with zero attached hydrogens (tertiary/aromatic N) is 12. The Morgan fingerprint density at radius 1 is 0.455 bits per heavy atom. The summed E-state index contributed by atoms with van der Waals surface area (Å²) < 4.78 is 54.1. The molecular weight excluding hydrogens is 873 g/mol. The zero-order valence-corrected chi connectivity index (χ0v) is 38.8. The van der Waals surface area contributed by atoms with Crippen LogP contribution in [-0.4, -0.2) is 135 Å². The topological polar surface area (TPSA) is 148 Å². The van der Waals surface area contributed by atoms with Gasteiger partial charge in [-0.15, -0.1) is 10.2 Å². The Kier molecular flexibility index (Phi) is 11.2. The molecule has 16 nitrogen and oxygen atoms in total. The van der Waals surface area contributed by atoms with E-state index in [0.717, 1.165) is 75.1 Å². The maximum absolute atomic E-state index is 12.7. The second-order valence-corrected chi connectivity index (χ2v) is 21.1. The summed E-state index contributed by atoms with van der Waals surface area (Å²) in [7, 11) is -2.69.